The van der Waals surface area contributed by atoms with E-state index in [1.807, 2.05) is 13.8 Å². The SMILES string of the molecule is CC(OS(C)(=O)=O)C1CCCC(C)(C)C1=O. The molecule has 1 fully saturated rings. The molecule has 0 bridgehead atoms. The third kappa shape index (κ3) is 3.28. The number of rotatable bonds is 3. The van der Waals surface area contributed by atoms with E-state index in [0.717, 1.165) is 25.5 Å². The van der Waals surface area contributed by atoms with Crippen molar-refractivity contribution in [1.29, 1.82) is 0 Å². The molecule has 0 aliphatic heterocycles. The van der Waals surface area contributed by atoms with Crippen LogP contribution in [0, 0.1) is 11.3 Å². The Morgan fingerprint density at radius 2 is 2.00 bits per heavy atom. The molecule has 5 heteroatoms. The molecular weight excluding hydrogens is 228 g/mol. The van der Waals surface area contributed by atoms with Gasteiger partial charge in [-0.25, -0.2) is 0 Å². The van der Waals surface area contributed by atoms with Crippen LogP contribution < -0.4 is 0 Å². The minimum atomic E-state index is -3.49. The highest BCUT2D eigenvalue weighted by Crippen LogP contribution is 2.37. The maximum Gasteiger partial charge on any atom is 0.264 e. The van der Waals surface area contributed by atoms with Crippen molar-refractivity contribution in [3.05, 3.63) is 0 Å². The van der Waals surface area contributed by atoms with Crippen molar-refractivity contribution in [2.75, 3.05) is 6.26 Å². The molecule has 0 amide bonds. The van der Waals surface area contributed by atoms with Crippen molar-refractivity contribution in [2.24, 2.45) is 11.3 Å². The molecule has 0 radical (unpaired) electrons. The molecule has 1 rings (SSSR count). The van der Waals surface area contributed by atoms with Gasteiger partial charge in [-0.2, -0.15) is 8.42 Å². The van der Waals surface area contributed by atoms with Crippen molar-refractivity contribution in [2.45, 2.75) is 46.1 Å². The lowest BCUT2D eigenvalue weighted by molar-refractivity contribution is -0.137. The first-order valence-corrected chi connectivity index (χ1v) is 7.38. The molecule has 2 atom stereocenters. The Labute approximate surface area is 97.5 Å². The monoisotopic (exact) mass is 248 g/mol. The Morgan fingerprint density at radius 1 is 1.44 bits per heavy atom. The Kier molecular flexibility index (Phi) is 3.80. The quantitative estimate of drug-likeness (QED) is 0.714. The van der Waals surface area contributed by atoms with Crippen molar-refractivity contribution in [3.8, 4) is 0 Å². The Balaban J connectivity index is 2.77. The van der Waals surface area contributed by atoms with Crippen LogP contribution in [0.1, 0.15) is 40.0 Å². The van der Waals surface area contributed by atoms with Gasteiger partial charge in [-0.05, 0) is 19.8 Å². The molecule has 0 N–H and O–H groups in total. The molecule has 0 heterocycles. The zero-order valence-electron chi connectivity index (χ0n) is 10.3. The maximum absolute atomic E-state index is 12.1. The average molecular weight is 248 g/mol. The zero-order valence-corrected chi connectivity index (χ0v) is 11.1. The molecule has 4 nitrogen and oxygen atoms in total. The topological polar surface area (TPSA) is 60.4 Å². The van der Waals surface area contributed by atoms with Crippen molar-refractivity contribution in [1.82, 2.24) is 0 Å². The minimum absolute atomic E-state index is 0.120. The molecule has 1 saturated carbocycles. The first-order chi connectivity index (χ1) is 7.13. The largest absolute Gasteiger partial charge is 0.299 e. The lowest BCUT2D eigenvalue weighted by atomic mass is 9.69. The molecule has 1 aliphatic rings. The van der Waals surface area contributed by atoms with Crippen LogP contribution in [0.5, 0.6) is 0 Å². The van der Waals surface area contributed by atoms with Crippen LogP contribution in [0.4, 0.5) is 0 Å². The van der Waals surface area contributed by atoms with Crippen LogP contribution in [0.2, 0.25) is 0 Å². The summed E-state index contributed by atoms with van der Waals surface area (Å²) in [5.41, 5.74) is -0.349. The van der Waals surface area contributed by atoms with Crippen LogP contribution in [-0.4, -0.2) is 26.6 Å². The molecular formula is C11H20O4S. The van der Waals surface area contributed by atoms with Crippen molar-refractivity contribution >= 4 is 15.9 Å². The van der Waals surface area contributed by atoms with Crippen molar-refractivity contribution < 1.29 is 17.4 Å². The predicted molar refractivity (Wildman–Crippen MR) is 61.5 cm³/mol. The van der Waals surface area contributed by atoms with E-state index in [0.29, 0.717) is 0 Å². The average Bonchev–Trinajstić information content (AvgIpc) is 2.06. The van der Waals surface area contributed by atoms with Crippen LogP contribution in [0.3, 0.4) is 0 Å². The summed E-state index contributed by atoms with van der Waals surface area (Å²) in [6, 6.07) is 0. The van der Waals surface area contributed by atoms with Gasteiger partial charge in [-0.15, -0.1) is 0 Å². The number of ketones is 1. The van der Waals surface area contributed by atoms with Crippen LogP contribution in [0.25, 0.3) is 0 Å². The molecule has 2 unspecified atom stereocenters. The van der Waals surface area contributed by atoms with Gasteiger partial charge in [0.25, 0.3) is 10.1 Å². The van der Waals surface area contributed by atoms with Crippen molar-refractivity contribution in [3.63, 3.8) is 0 Å². The summed E-state index contributed by atoms with van der Waals surface area (Å²) >= 11 is 0. The smallest absolute Gasteiger partial charge is 0.264 e. The fourth-order valence-electron chi connectivity index (χ4n) is 2.31. The first kappa shape index (κ1) is 13.6. The normalized spacial score (nSPS) is 27.8. The highest BCUT2D eigenvalue weighted by molar-refractivity contribution is 7.86. The van der Waals surface area contributed by atoms with Gasteiger partial charge in [0.2, 0.25) is 0 Å². The number of carbonyl (C=O) groups is 1. The van der Waals surface area contributed by atoms with E-state index in [1.54, 1.807) is 6.92 Å². The van der Waals surface area contributed by atoms with Gasteiger partial charge in [0, 0.05) is 11.3 Å². The summed E-state index contributed by atoms with van der Waals surface area (Å²) < 4.78 is 26.9. The van der Waals surface area contributed by atoms with E-state index in [-0.39, 0.29) is 17.1 Å². The summed E-state index contributed by atoms with van der Waals surface area (Å²) in [5.74, 6) is -0.173. The predicted octanol–water partition coefficient (Wildman–Crippen LogP) is 1.75. The van der Waals surface area contributed by atoms with Crippen LogP contribution in [-0.2, 0) is 19.1 Å². The van der Waals surface area contributed by atoms with Gasteiger partial charge in [0.05, 0.1) is 12.4 Å². The number of Topliss-reactive ketones (excluding diaryl/α,β-unsaturated/α-hetero) is 1. The van der Waals surface area contributed by atoms with Gasteiger partial charge in [0.15, 0.2) is 0 Å². The highest BCUT2D eigenvalue weighted by atomic mass is 32.2. The molecule has 0 aromatic rings. The Morgan fingerprint density at radius 3 is 2.50 bits per heavy atom. The number of hydrogen-bond donors (Lipinski definition) is 0. The van der Waals surface area contributed by atoms with E-state index in [2.05, 4.69) is 0 Å². The Hall–Kier alpha value is -0.420. The Bertz CT molecular complexity index is 369. The molecule has 16 heavy (non-hydrogen) atoms. The lowest BCUT2D eigenvalue weighted by Crippen LogP contribution is -2.41. The van der Waals surface area contributed by atoms with E-state index in [1.165, 1.54) is 0 Å². The van der Waals surface area contributed by atoms with Crippen LogP contribution >= 0.6 is 0 Å². The summed E-state index contributed by atoms with van der Waals surface area (Å²) in [7, 11) is -3.49. The fraction of sp³-hybridized carbons (Fsp3) is 0.909. The lowest BCUT2D eigenvalue weighted by Gasteiger charge is -2.35. The van der Waals surface area contributed by atoms with Gasteiger partial charge >= 0.3 is 0 Å². The first-order valence-electron chi connectivity index (χ1n) is 5.56. The van der Waals surface area contributed by atoms with E-state index in [9.17, 15) is 13.2 Å². The van der Waals surface area contributed by atoms with E-state index >= 15 is 0 Å². The summed E-state index contributed by atoms with van der Waals surface area (Å²) in [6.07, 6.45) is 3.00. The van der Waals surface area contributed by atoms with E-state index < -0.39 is 16.2 Å². The second-order valence-corrected chi connectivity index (χ2v) is 6.85. The summed E-state index contributed by atoms with van der Waals surface area (Å²) in [4.78, 5) is 12.1. The second-order valence-electron chi connectivity index (χ2n) is 5.25. The van der Waals surface area contributed by atoms with Gasteiger partial charge < -0.3 is 0 Å². The third-order valence-electron chi connectivity index (χ3n) is 3.21. The van der Waals surface area contributed by atoms with Gasteiger partial charge in [0.1, 0.15) is 5.78 Å². The standard InChI is InChI=1S/C11H20O4S/c1-8(15-16(4,13)14)9-6-5-7-11(2,3)10(9)12/h8-9H,5-7H2,1-4H3. The summed E-state index contributed by atoms with van der Waals surface area (Å²) in [5, 5.41) is 0. The third-order valence-corrected chi connectivity index (χ3v) is 3.87. The number of carbonyl (C=O) groups excluding carboxylic acids is 1. The molecule has 94 valence electrons. The number of hydrogen-bond acceptors (Lipinski definition) is 4. The minimum Gasteiger partial charge on any atom is -0.299 e. The fourth-order valence-corrected chi connectivity index (χ4v) is 3.00. The van der Waals surface area contributed by atoms with Gasteiger partial charge in [-0.1, -0.05) is 20.3 Å². The molecule has 0 saturated heterocycles. The van der Waals surface area contributed by atoms with Crippen LogP contribution in [0.15, 0.2) is 0 Å². The second kappa shape index (κ2) is 4.45. The van der Waals surface area contributed by atoms with Gasteiger partial charge in [-0.3, -0.25) is 8.98 Å². The molecule has 0 aromatic heterocycles. The van der Waals surface area contributed by atoms with E-state index in [4.69, 9.17) is 4.18 Å². The molecule has 0 aromatic carbocycles. The highest BCUT2D eigenvalue weighted by Gasteiger charge is 2.40. The molecule has 0 spiro atoms. The summed E-state index contributed by atoms with van der Waals surface area (Å²) in [6.45, 7) is 5.48. The molecule has 1 aliphatic carbocycles. The zero-order chi connectivity index (χ0) is 12.6. The maximum atomic E-state index is 12.1.